The molecule has 0 radical (unpaired) electrons. The smallest absolute Gasteiger partial charge is 0.417 e. The third-order valence-electron chi connectivity index (χ3n) is 12.6. The summed E-state index contributed by atoms with van der Waals surface area (Å²) in [5, 5.41) is 14.9. The number of nitrogens with one attached hydrogen (secondary N) is 2. The molecular weight excluding hydrogens is 830 g/mol. The number of hydrogen-bond donors (Lipinski definition) is 3. The average Bonchev–Trinajstić information content (AvgIpc) is 3.61. The van der Waals surface area contributed by atoms with Gasteiger partial charge in [0.2, 0.25) is 11.8 Å². The van der Waals surface area contributed by atoms with E-state index in [0.717, 1.165) is 16.4 Å². The first kappa shape index (κ1) is 40.2. The van der Waals surface area contributed by atoms with Crippen LogP contribution in [0.15, 0.2) is 115 Å². The lowest BCUT2D eigenvalue weighted by atomic mass is 9.49. The van der Waals surface area contributed by atoms with Crippen LogP contribution in [0, 0.1) is 37.5 Å². The number of halogens is 5. The van der Waals surface area contributed by atoms with Crippen molar-refractivity contribution < 1.29 is 37.5 Å². The van der Waals surface area contributed by atoms with Crippen LogP contribution < -0.4 is 15.6 Å². The lowest BCUT2D eigenvalue weighted by Gasteiger charge is -2.50. The van der Waals surface area contributed by atoms with Gasteiger partial charge in [-0.1, -0.05) is 77.3 Å². The fraction of sp³-hybridized carbons (Fsp3) is 0.239. The fourth-order valence-corrected chi connectivity index (χ4v) is 10.3. The summed E-state index contributed by atoms with van der Waals surface area (Å²) in [5.41, 5.74) is 4.49. The van der Waals surface area contributed by atoms with Crippen LogP contribution >= 0.6 is 23.2 Å². The molecule has 4 amide bonds. The maximum atomic E-state index is 15.5. The summed E-state index contributed by atoms with van der Waals surface area (Å²) < 4.78 is 40.7. The van der Waals surface area contributed by atoms with E-state index in [1.807, 2.05) is 36.4 Å². The number of alkyl halides is 3. The summed E-state index contributed by atoms with van der Waals surface area (Å²) >= 11 is 12.7. The zero-order chi connectivity index (χ0) is 43.1. The Morgan fingerprint density at radius 2 is 1.48 bits per heavy atom. The highest BCUT2D eigenvalue weighted by Crippen LogP contribution is 2.64. The third kappa shape index (κ3) is 6.44. The van der Waals surface area contributed by atoms with Crippen molar-refractivity contribution in [2.75, 3.05) is 15.6 Å². The molecule has 6 atom stereocenters. The number of hydrogen-bond acceptors (Lipinski definition) is 8. The minimum Gasteiger partial charge on any atom is -0.507 e. The molecule has 5 aromatic rings. The summed E-state index contributed by atoms with van der Waals surface area (Å²) in [7, 11) is 0. The Morgan fingerprint density at radius 3 is 2.11 bits per heavy atom. The summed E-state index contributed by atoms with van der Waals surface area (Å²) in [5.74, 6) is -7.06. The van der Waals surface area contributed by atoms with Crippen LogP contribution in [0.5, 0.6) is 5.75 Å². The van der Waals surface area contributed by atoms with Crippen LogP contribution in [-0.2, 0) is 30.8 Å². The predicted molar refractivity (Wildman–Crippen MR) is 223 cm³/mol. The number of imide groups is 2. The molecular formula is C46H36Cl2F3N5O5. The normalized spacial score (nSPS) is 24.6. The summed E-state index contributed by atoms with van der Waals surface area (Å²) in [6.07, 6.45) is -2.16. The average molecular weight is 867 g/mol. The van der Waals surface area contributed by atoms with E-state index in [-0.39, 0.29) is 30.3 Å². The van der Waals surface area contributed by atoms with Gasteiger partial charge >= 0.3 is 6.18 Å². The lowest BCUT2D eigenvalue weighted by Crippen LogP contribution is -2.53. The molecule has 9 rings (SSSR count). The first-order valence-electron chi connectivity index (χ1n) is 19.5. The highest BCUT2D eigenvalue weighted by Gasteiger charge is 2.70. The Balaban J connectivity index is 1.16. The molecule has 2 saturated heterocycles. The number of carbonyl (C=O) groups is 4. The number of aromatic nitrogens is 1. The number of carbonyl (C=O) groups excluding carboxylic acids is 4. The number of allylic oxidation sites excluding steroid dienone is 2. The van der Waals surface area contributed by atoms with Gasteiger partial charge in [-0.05, 0) is 109 Å². The molecule has 61 heavy (non-hydrogen) atoms. The number of anilines is 4. The third-order valence-corrected chi connectivity index (χ3v) is 13.1. The molecule has 3 fully saturated rings. The zero-order valence-electron chi connectivity index (χ0n) is 32.5. The number of phenolic OH excluding ortho intramolecular Hbond substituents is 1. The van der Waals surface area contributed by atoms with E-state index in [9.17, 15) is 27.9 Å². The molecule has 1 saturated carbocycles. The SMILES string of the molecule is Cc1cc([C@H]2C3=CC[C@@H]4C(=O)N(c5ccc(Nc6ccccc6)cc5)C(=O)[C@@H]4[C@@H]3C[C@H]3C(=O)N(Nc4ncc(C(F)(F)F)cc4Cl)C(=O)[C@@]23c2ccc(Cl)cc2)cc(C)c1O. The molecule has 2 aliphatic carbocycles. The molecule has 3 N–H and O–H groups in total. The van der Waals surface area contributed by atoms with Crippen molar-refractivity contribution in [3.8, 4) is 5.75 Å². The van der Waals surface area contributed by atoms with E-state index in [1.54, 1.807) is 74.5 Å². The maximum Gasteiger partial charge on any atom is 0.417 e. The van der Waals surface area contributed by atoms with Gasteiger partial charge in [-0.15, -0.1) is 0 Å². The fourth-order valence-electron chi connectivity index (χ4n) is 9.95. The highest BCUT2D eigenvalue weighted by atomic mass is 35.5. The quantitative estimate of drug-likeness (QED) is 0.109. The zero-order valence-corrected chi connectivity index (χ0v) is 34.0. The summed E-state index contributed by atoms with van der Waals surface area (Å²) in [6, 6.07) is 27.2. The van der Waals surface area contributed by atoms with E-state index in [1.165, 1.54) is 4.90 Å². The van der Waals surface area contributed by atoms with Gasteiger partial charge in [0.05, 0.1) is 39.4 Å². The maximum absolute atomic E-state index is 15.5. The van der Waals surface area contributed by atoms with Crippen LogP contribution in [0.4, 0.5) is 36.1 Å². The van der Waals surface area contributed by atoms with Crippen molar-refractivity contribution in [1.82, 2.24) is 9.99 Å². The minimum atomic E-state index is -4.75. The van der Waals surface area contributed by atoms with Crippen LogP contribution in [0.3, 0.4) is 0 Å². The molecule has 10 nitrogen and oxygen atoms in total. The van der Waals surface area contributed by atoms with Crippen LogP contribution in [0.1, 0.15) is 46.6 Å². The number of para-hydroxylation sites is 1. The second-order valence-corrected chi connectivity index (χ2v) is 16.8. The van der Waals surface area contributed by atoms with Gasteiger partial charge in [0.15, 0.2) is 5.82 Å². The molecule has 0 bridgehead atoms. The van der Waals surface area contributed by atoms with Gasteiger partial charge in [-0.2, -0.15) is 18.2 Å². The van der Waals surface area contributed by atoms with E-state index in [0.29, 0.717) is 50.8 Å². The first-order valence-corrected chi connectivity index (χ1v) is 20.3. The van der Waals surface area contributed by atoms with Crippen molar-refractivity contribution in [2.24, 2.45) is 23.7 Å². The number of benzene rings is 4. The monoisotopic (exact) mass is 865 g/mol. The Kier molecular flexibility index (Phi) is 9.74. The summed E-state index contributed by atoms with van der Waals surface area (Å²) in [6.45, 7) is 3.44. The van der Waals surface area contributed by atoms with E-state index < -0.39 is 69.5 Å². The number of hydrazine groups is 1. The van der Waals surface area contributed by atoms with Gasteiger partial charge in [0.25, 0.3) is 11.8 Å². The lowest BCUT2D eigenvalue weighted by molar-refractivity contribution is -0.139. The number of aryl methyl sites for hydroxylation is 2. The van der Waals surface area contributed by atoms with Gasteiger partial charge in [-0.25, -0.2) is 4.98 Å². The second kappa shape index (κ2) is 14.8. The number of phenols is 1. The summed E-state index contributed by atoms with van der Waals surface area (Å²) in [4.78, 5) is 64.6. The molecule has 1 aromatic heterocycles. The van der Waals surface area contributed by atoms with Gasteiger partial charge in [-0.3, -0.25) is 29.5 Å². The Morgan fingerprint density at radius 1 is 0.820 bits per heavy atom. The molecule has 3 heterocycles. The largest absolute Gasteiger partial charge is 0.507 e. The number of pyridine rings is 1. The van der Waals surface area contributed by atoms with E-state index in [4.69, 9.17) is 23.2 Å². The van der Waals surface area contributed by atoms with E-state index in [2.05, 4.69) is 15.7 Å². The Labute approximate surface area is 358 Å². The Bertz CT molecular complexity index is 2650. The number of amides is 4. The van der Waals surface area contributed by atoms with Crippen molar-refractivity contribution in [3.63, 3.8) is 0 Å². The minimum absolute atomic E-state index is 0.0358. The highest BCUT2D eigenvalue weighted by molar-refractivity contribution is 6.33. The van der Waals surface area contributed by atoms with Crippen LogP contribution in [0.25, 0.3) is 0 Å². The number of nitrogens with zero attached hydrogens (tertiary/aromatic N) is 3. The number of aromatic hydroxyl groups is 1. The second-order valence-electron chi connectivity index (χ2n) is 16.0. The molecule has 0 spiro atoms. The number of fused-ring (bicyclic) bond motifs is 4. The molecule has 310 valence electrons. The van der Waals surface area contributed by atoms with Crippen molar-refractivity contribution >= 4 is 69.7 Å². The van der Waals surface area contributed by atoms with E-state index >= 15 is 9.59 Å². The Hall–Kier alpha value is -6.18. The van der Waals surface area contributed by atoms with Gasteiger partial charge in [0, 0.05) is 28.5 Å². The van der Waals surface area contributed by atoms with Gasteiger partial charge in [0.1, 0.15) is 5.75 Å². The first-order chi connectivity index (χ1) is 29.1. The molecule has 4 aliphatic rings. The molecule has 15 heteroatoms. The van der Waals surface area contributed by atoms with Crippen molar-refractivity contribution in [3.05, 3.63) is 153 Å². The predicted octanol–water partition coefficient (Wildman–Crippen LogP) is 9.66. The van der Waals surface area contributed by atoms with Gasteiger partial charge < -0.3 is 10.4 Å². The topological polar surface area (TPSA) is 132 Å². The van der Waals surface area contributed by atoms with Crippen LogP contribution in [0.2, 0.25) is 10.0 Å². The van der Waals surface area contributed by atoms with Crippen molar-refractivity contribution in [2.45, 2.75) is 44.2 Å². The number of rotatable bonds is 7. The standard InChI is InChI=1S/C46H36Cl2F3N5O5/c1-23-18-25(19-24(2)39(23)57)38-32-16-17-33-37(43(60)55(41(33)58)31-14-12-30(13-15-31)53-29-6-4-3-5-7-29)34(32)21-35-42(59)56(44(61)45(35,38)26-8-10-28(47)11-9-26)54-40-36(48)20-27(22-52-40)46(49,50)51/h3-16,18-20,22,33-35,37-38,53,57H,17,21H2,1-2H3,(H,52,54)/t33-,34+,35-,37-,38-,45+/m0/s1. The van der Waals surface area contributed by atoms with Crippen LogP contribution in [-0.4, -0.2) is 38.7 Å². The molecule has 4 aromatic carbocycles. The van der Waals surface area contributed by atoms with Crippen molar-refractivity contribution in [1.29, 1.82) is 0 Å². The molecule has 0 unspecified atom stereocenters. The molecule has 2 aliphatic heterocycles.